The smallest absolute Gasteiger partial charge is 0.331 e. The van der Waals surface area contributed by atoms with Gasteiger partial charge in [0.05, 0.1) is 12.1 Å². The average molecular weight is 499 g/mol. The van der Waals surface area contributed by atoms with Crippen LogP contribution < -0.4 is 10.6 Å². The van der Waals surface area contributed by atoms with Gasteiger partial charge in [-0.05, 0) is 43.4 Å². The normalized spacial score (nSPS) is 15.0. The lowest BCUT2D eigenvalue weighted by molar-refractivity contribution is -0.140. The number of hydrogen-bond donors (Lipinski definition) is 3. The molecule has 0 saturated carbocycles. The summed E-state index contributed by atoms with van der Waals surface area (Å²) in [5.74, 6) is -1.55. The fourth-order valence-corrected chi connectivity index (χ4v) is 4.45. The Kier molecular flexibility index (Phi) is 9.49. The molecular weight excluding hydrogens is 456 g/mol. The molecule has 0 fully saturated rings. The first kappa shape index (κ1) is 29.1. The number of para-hydroxylation sites is 1. The molecule has 198 valence electrons. The number of fused-ring (bicyclic) bond motifs is 1. The molecule has 2 amide bonds. The predicted octanol–water partition coefficient (Wildman–Crippen LogP) is 3.35. The van der Waals surface area contributed by atoms with Crippen molar-refractivity contribution in [1.82, 2.24) is 20.1 Å². The van der Waals surface area contributed by atoms with Crippen molar-refractivity contribution in [2.24, 2.45) is 18.4 Å². The number of carboxylic acids is 1. The minimum Gasteiger partial charge on any atom is -0.478 e. The molecule has 2 unspecified atom stereocenters. The molecule has 1 aromatic heterocycles. The van der Waals surface area contributed by atoms with Gasteiger partial charge >= 0.3 is 5.97 Å². The minimum absolute atomic E-state index is 0.0130. The fourth-order valence-electron chi connectivity index (χ4n) is 4.45. The Morgan fingerprint density at radius 2 is 1.78 bits per heavy atom. The van der Waals surface area contributed by atoms with E-state index in [0.717, 1.165) is 16.5 Å². The van der Waals surface area contributed by atoms with Crippen molar-refractivity contribution in [3.63, 3.8) is 0 Å². The third-order valence-electron chi connectivity index (χ3n) is 6.70. The third-order valence-corrected chi connectivity index (χ3v) is 6.70. The van der Waals surface area contributed by atoms with Crippen LogP contribution in [0, 0.1) is 11.3 Å². The van der Waals surface area contributed by atoms with Gasteiger partial charge in [0.2, 0.25) is 11.8 Å². The van der Waals surface area contributed by atoms with Gasteiger partial charge in [0.1, 0.15) is 6.04 Å². The lowest BCUT2D eigenvalue weighted by atomic mass is 9.84. The Labute approximate surface area is 214 Å². The van der Waals surface area contributed by atoms with Crippen molar-refractivity contribution in [3.8, 4) is 0 Å². The number of rotatable bonds is 10. The highest BCUT2D eigenvalue weighted by atomic mass is 16.4. The van der Waals surface area contributed by atoms with Gasteiger partial charge in [0.25, 0.3) is 0 Å². The summed E-state index contributed by atoms with van der Waals surface area (Å²) in [5.41, 5.74) is 1.75. The molecule has 8 heteroatoms. The van der Waals surface area contributed by atoms with Gasteiger partial charge in [-0.1, -0.05) is 58.9 Å². The number of nitrogens with zero attached hydrogens (tertiary/aromatic N) is 2. The maximum atomic E-state index is 13.7. The summed E-state index contributed by atoms with van der Waals surface area (Å²) >= 11 is 0. The van der Waals surface area contributed by atoms with Crippen molar-refractivity contribution in [2.75, 3.05) is 14.1 Å². The van der Waals surface area contributed by atoms with Crippen LogP contribution >= 0.6 is 0 Å². The van der Waals surface area contributed by atoms with Gasteiger partial charge in [-0.2, -0.15) is 0 Å². The van der Waals surface area contributed by atoms with Gasteiger partial charge in [-0.15, -0.1) is 0 Å². The van der Waals surface area contributed by atoms with E-state index in [4.69, 9.17) is 0 Å². The van der Waals surface area contributed by atoms with Gasteiger partial charge in [0, 0.05) is 36.8 Å². The third kappa shape index (κ3) is 6.75. The van der Waals surface area contributed by atoms with Crippen LogP contribution in [0.4, 0.5) is 0 Å². The number of aromatic nitrogens is 1. The van der Waals surface area contributed by atoms with Gasteiger partial charge < -0.3 is 25.2 Å². The van der Waals surface area contributed by atoms with Gasteiger partial charge in [0.15, 0.2) is 0 Å². The second kappa shape index (κ2) is 11.7. The molecular formula is C28H42N4O4. The Morgan fingerprint density at radius 3 is 2.31 bits per heavy atom. The summed E-state index contributed by atoms with van der Waals surface area (Å²) in [4.78, 5) is 40.1. The lowest BCUT2D eigenvalue weighted by Crippen LogP contribution is -2.59. The number of nitrogens with one attached hydrogen (secondary N) is 2. The highest BCUT2D eigenvalue weighted by molar-refractivity contribution is 5.92. The van der Waals surface area contributed by atoms with E-state index in [1.54, 1.807) is 25.1 Å². The van der Waals surface area contributed by atoms with E-state index < -0.39 is 29.5 Å². The van der Waals surface area contributed by atoms with E-state index in [9.17, 15) is 19.5 Å². The molecule has 0 bridgehead atoms. The Morgan fingerprint density at radius 1 is 1.17 bits per heavy atom. The number of aryl methyl sites for hydroxylation is 1. The number of aliphatic carboxylic acids is 1. The quantitative estimate of drug-likeness (QED) is 0.436. The SMILES string of the molecule is CN[C@@H](Cc1cn(C)c2ccccc12)C(=O)NC(C(=O)N(C)C(/C=C(\C)C(=O)O)C(C)C)C(C)(C)C. The molecule has 2 rings (SSSR count). The second-order valence-corrected chi connectivity index (χ2v) is 11.0. The van der Waals surface area contributed by atoms with E-state index >= 15 is 0 Å². The monoisotopic (exact) mass is 498 g/mol. The van der Waals surface area contributed by atoms with Crippen molar-refractivity contribution in [2.45, 2.75) is 66.1 Å². The first-order valence-corrected chi connectivity index (χ1v) is 12.4. The van der Waals surface area contributed by atoms with Crippen LogP contribution in [-0.4, -0.2) is 64.6 Å². The van der Waals surface area contributed by atoms with Gasteiger partial charge in [-0.25, -0.2) is 4.79 Å². The molecule has 0 aliphatic heterocycles. The number of hydrogen-bond acceptors (Lipinski definition) is 4. The van der Waals surface area contributed by atoms with E-state index in [-0.39, 0.29) is 23.3 Å². The summed E-state index contributed by atoms with van der Waals surface area (Å²) in [6.07, 6.45) is 4.11. The van der Waals surface area contributed by atoms with E-state index in [0.29, 0.717) is 6.42 Å². The Bertz CT molecular complexity index is 1130. The summed E-state index contributed by atoms with van der Waals surface area (Å²) < 4.78 is 2.05. The van der Waals surface area contributed by atoms with E-state index in [2.05, 4.69) is 10.6 Å². The zero-order chi connectivity index (χ0) is 27.4. The molecule has 0 spiro atoms. The number of benzene rings is 1. The molecule has 8 nitrogen and oxygen atoms in total. The lowest BCUT2D eigenvalue weighted by Gasteiger charge is -2.38. The van der Waals surface area contributed by atoms with E-state index in [1.807, 2.05) is 76.7 Å². The average Bonchev–Trinajstić information content (AvgIpc) is 3.12. The highest BCUT2D eigenvalue weighted by Crippen LogP contribution is 2.25. The predicted molar refractivity (Wildman–Crippen MR) is 144 cm³/mol. The molecule has 0 radical (unpaired) electrons. The van der Waals surface area contributed by atoms with Crippen LogP contribution in [0.15, 0.2) is 42.1 Å². The zero-order valence-electron chi connectivity index (χ0n) is 23.0. The Balaban J connectivity index is 2.30. The molecule has 0 aliphatic carbocycles. The molecule has 0 aliphatic rings. The molecule has 2 aromatic rings. The van der Waals surface area contributed by atoms with Crippen molar-refractivity contribution >= 4 is 28.7 Å². The maximum absolute atomic E-state index is 13.7. The maximum Gasteiger partial charge on any atom is 0.331 e. The molecule has 0 saturated heterocycles. The van der Waals surface area contributed by atoms with Crippen LogP contribution in [0.1, 0.15) is 47.1 Å². The van der Waals surface area contributed by atoms with Crippen molar-refractivity contribution in [1.29, 1.82) is 0 Å². The van der Waals surface area contributed by atoms with Crippen LogP contribution in [0.2, 0.25) is 0 Å². The number of carboxylic acid groups (broad SMARTS) is 1. The second-order valence-electron chi connectivity index (χ2n) is 11.0. The summed E-state index contributed by atoms with van der Waals surface area (Å²) in [6.45, 7) is 11.1. The first-order valence-electron chi connectivity index (χ1n) is 12.4. The molecule has 36 heavy (non-hydrogen) atoms. The molecule has 1 heterocycles. The molecule has 3 atom stereocenters. The summed E-state index contributed by atoms with van der Waals surface area (Å²) in [6, 6.07) is 6.31. The number of carbonyl (C=O) groups excluding carboxylic acids is 2. The number of amides is 2. The summed E-state index contributed by atoms with van der Waals surface area (Å²) in [5, 5.41) is 16.5. The van der Waals surface area contributed by atoms with Crippen LogP contribution in [0.3, 0.4) is 0 Å². The van der Waals surface area contributed by atoms with Crippen molar-refractivity contribution in [3.05, 3.63) is 47.7 Å². The molecule has 1 aromatic carbocycles. The van der Waals surface area contributed by atoms with Crippen LogP contribution in [-0.2, 0) is 27.9 Å². The topological polar surface area (TPSA) is 104 Å². The largest absolute Gasteiger partial charge is 0.478 e. The number of likely N-dealkylation sites (N-methyl/N-ethyl adjacent to an activating group) is 2. The van der Waals surface area contributed by atoms with E-state index in [1.165, 1.54) is 6.92 Å². The Hall–Kier alpha value is -3.13. The zero-order valence-corrected chi connectivity index (χ0v) is 23.0. The highest BCUT2D eigenvalue weighted by Gasteiger charge is 2.38. The van der Waals surface area contributed by atoms with Crippen molar-refractivity contribution < 1.29 is 19.5 Å². The number of carbonyl (C=O) groups is 3. The minimum atomic E-state index is -1.02. The summed E-state index contributed by atoms with van der Waals surface area (Å²) in [7, 11) is 5.38. The molecule has 3 N–H and O–H groups in total. The first-order chi connectivity index (χ1) is 16.7. The van der Waals surface area contributed by atoms with Crippen LogP contribution in [0.5, 0.6) is 0 Å². The van der Waals surface area contributed by atoms with Gasteiger partial charge in [-0.3, -0.25) is 9.59 Å². The van der Waals surface area contributed by atoms with Crippen LogP contribution in [0.25, 0.3) is 10.9 Å². The standard InChI is InChI=1S/C28H42N4O4/c1-17(2)23(14-18(3)27(35)36)32(9)26(34)24(28(4,5)6)30-25(33)21(29-7)15-19-16-31(8)22-13-11-10-12-20(19)22/h10-14,16-17,21,23-24,29H,15H2,1-9H3,(H,30,33)(H,35,36)/b18-14+/t21-,23?,24?/m0/s1. The fraction of sp³-hybridized carbons (Fsp3) is 0.536.